The van der Waals surface area contributed by atoms with Gasteiger partial charge in [0, 0.05) is 31.9 Å². The first-order valence-electron chi connectivity index (χ1n) is 11.7. The van der Waals surface area contributed by atoms with Gasteiger partial charge in [0.2, 0.25) is 5.91 Å². The van der Waals surface area contributed by atoms with Crippen LogP contribution in [0.4, 0.5) is 10.5 Å². The summed E-state index contributed by atoms with van der Waals surface area (Å²) in [5.41, 5.74) is 1.84. The monoisotopic (exact) mass is 495 g/mol. The van der Waals surface area contributed by atoms with Crippen LogP contribution in [0.5, 0.6) is 11.5 Å². The average Bonchev–Trinajstić information content (AvgIpc) is 3.13. The van der Waals surface area contributed by atoms with Crippen LogP contribution in [0.2, 0.25) is 0 Å². The van der Waals surface area contributed by atoms with E-state index in [1.165, 1.54) is 0 Å². The molecule has 2 fully saturated rings. The summed E-state index contributed by atoms with van der Waals surface area (Å²) in [7, 11) is 0. The van der Waals surface area contributed by atoms with Crippen LogP contribution in [0, 0.1) is 0 Å². The Labute approximate surface area is 209 Å². The topological polar surface area (TPSA) is 79.4 Å². The molecule has 0 radical (unpaired) electrons. The van der Waals surface area contributed by atoms with E-state index < -0.39 is 11.1 Å². The minimum absolute atomic E-state index is 0.221. The van der Waals surface area contributed by atoms with Crippen LogP contribution in [0.25, 0.3) is 6.08 Å². The molecule has 0 spiro atoms. The molecule has 0 N–H and O–H groups in total. The number of ether oxygens (including phenoxy) is 2. The zero-order chi connectivity index (χ0) is 24.8. The van der Waals surface area contributed by atoms with Gasteiger partial charge in [0.05, 0.1) is 18.1 Å². The van der Waals surface area contributed by atoms with Crippen LogP contribution in [-0.4, -0.2) is 72.8 Å². The van der Waals surface area contributed by atoms with Crippen molar-refractivity contribution >= 4 is 40.6 Å². The molecule has 35 heavy (non-hydrogen) atoms. The summed E-state index contributed by atoms with van der Waals surface area (Å²) in [6.45, 7) is 7.01. The molecule has 2 saturated heterocycles. The van der Waals surface area contributed by atoms with Gasteiger partial charge in [0.1, 0.15) is 6.54 Å². The summed E-state index contributed by atoms with van der Waals surface area (Å²) in [5, 5.41) is -0.437. The number of hydrogen-bond donors (Lipinski definition) is 0. The van der Waals surface area contributed by atoms with Gasteiger partial charge in [-0.05, 0) is 61.5 Å². The molecule has 0 aliphatic carbocycles. The fourth-order valence-corrected chi connectivity index (χ4v) is 4.87. The highest BCUT2D eigenvalue weighted by Crippen LogP contribution is 2.34. The summed E-state index contributed by atoms with van der Waals surface area (Å²) < 4.78 is 11.2. The molecule has 0 atom stereocenters. The van der Waals surface area contributed by atoms with Crippen molar-refractivity contribution in [1.29, 1.82) is 0 Å². The molecule has 0 unspecified atom stereocenters. The number of carbonyl (C=O) groups excluding carboxylic acids is 3. The number of thioether (sulfide) groups is 1. The number of nitrogens with zero attached hydrogens (tertiary/aromatic N) is 3. The van der Waals surface area contributed by atoms with Crippen molar-refractivity contribution in [3.63, 3.8) is 0 Å². The third kappa shape index (κ3) is 5.79. The molecule has 2 heterocycles. The fraction of sp³-hybridized carbons (Fsp3) is 0.346. The molecule has 3 amide bonds. The maximum absolute atomic E-state index is 12.9. The van der Waals surface area contributed by atoms with Crippen LogP contribution in [0.15, 0.2) is 53.4 Å². The molecule has 2 aromatic rings. The van der Waals surface area contributed by atoms with E-state index in [-0.39, 0.29) is 17.4 Å². The summed E-state index contributed by atoms with van der Waals surface area (Å²) in [6.07, 6.45) is 1.65. The fourth-order valence-electron chi connectivity index (χ4n) is 4.03. The maximum atomic E-state index is 12.9. The molecular weight excluding hydrogens is 466 g/mol. The van der Waals surface area contributed by atoms with Crippen LogP contribution in [0.3, 0.4) is 0 Å². The Kier molecular flexibility index (Phi) is 7.97. The van der Waals surface area contributed by atoms with Crippen molar-refractivity contribution in [2.24, 2.45) is 0 Å². The lowest BCUT2D eigenvalue weighted by molar-refractivity contribution is -0.136. The number of imide groups is 1. The maximum Gasteiger partial charge on any atom is 0.294 e. The smallest absolute Gasteiger partial charge is 0.294 e. The lowest BCUT2D eigenvalue weighted by Crippen LogP contribution is -2.51. The van der Waals surface area contributed by atoms with Crippen molar-refractivity contribution < 1.29 is 23.9 Å². The van der Waals surface area contributed by atoms with Gasteiger partial charge in [-0.25, -0.2) is 0 Å². The summed E-state index contributed by atoms with van der Waals surface area (Å²) in [5.74, 6) is 0.522. The molecular formula is C26H29N3O5S. The molecule has 0 saturated carbocycles. The largest absolute Gasteiger partial charge is 0.490 e. The Morgan fingerprint density at radius 1 is 0.943 bits per heavy atom. The average molecular weight is 496 g/mol. The molecule has 9 heteroatoms. The molecule has 184 valence electrons. The van der Waals surface area contributed by atoms with Crippen LogP contribution in [0.1, 0.15) is 19.4 Å². The number of piperazine rings is 1. The van der Waals surface area contributed by atoms with Crippen molar-refractivity contribution in [2.75, 3.05) is 50.8 Å². The molecule has 4 rings (SSSR count). The van der Waals surface area contributed by atoms with Gasteiger partial charge in [-0.3, -0.25) is 19.3 Å². The number of hydrogen-bond acceptors (Lipinski definition) is 7. The normalized spacial score (nSPS) is 17.3. The van der Waals surface area contributed by atoms with E-state index in [1.54, 1.807) is 29.2 Å². The highest BCUT2D eigenvalue weighted by atomic mass is 32.2. The molecule has 0 aromatic heterocycles. The molecule has 2 aliphatic heterocycles. The first-order valence-corrected chi connectivity index (χ1v) is 12.5. The van der Waals surface area contributed by atoms with E-state index in [4.69, 9.17) is 9.47 Å². The predicted octanol–water partition coefficient (Wildman–Crippen LogP) is 3.87. The Balaban J connectivity index is 1.39. The number of rotatable bonds is 8. The number of benzene rings is 2. The first-order chi connectivity index (χ1) is 17.0. The van der Waals surface area contributed by atoms with E-state index in [0.29, 0.717) is 56.5 Å². The van der Waals surface area contributed by atoms with Gasteiger partial charge in [0.25, 0.3) is 11.1 Å². The lowest BCUT2D eigenvalue weighted by Gasteiger charge is -2.36. The Hall–Kier alpha value is -3.46. The van der Waals surface area contributed by atoms with Crippen molar-refractivity contribution in [1.82, 2.24) is 9.80 Å². The highest BCUT2D eigenvalue weighted by molar-refractivity contribution is 8.18. The summed E-state index contributed by atoms with van der Waals surface area (Å²) in [4.78, 5) is 43.6. The predicted molar refractivity (Wildman–Crippen MR) is 137 cm³/mol. The van der Waals surface area contributed by atoms with Crippen molar-refractivity contribution in [2.45, 2.75) is 13.8 Å². The second kappa shape index (κ2) is 11.3. The molecule has 2 aromatic carbocycles. The summed E-state index contributed by atoms with van der Waals surface area (Å²) in [6, 6.07) is 15.4. The van der Waals surface area contributed by atoms with Crippen molar-refractivity contribution in [3.8, 4) is 11.5 Å². The quantitative estimate of drug-likeness (QED) is 0.515. The first kappa shape index (κ1) is 24.7. The number of carbonyl (C=O) groups is 3. The van der Waals surface area contributed by atoms with E-state index in [9.17, 15) is 14.4 Å². The highest BCUT2D eigenvalue weighted by Gasteiger charge is 2.37. The van der Waals surface area contributed by atoms with Gasteiger partial charge >= 0.3 is 0 Å². The van der Waals surface area contributed by atoms with E-state index in [1.807, 2.05) is 44.2 Å². The van der Waals surface area contributed by atoms with Crippen LogP contribution < -0.4 is 14.4 Å². The van der Waals surface area contributed by atoms with Gasteiger partial charge in [0.15, 0.2) is 11.5 Å². The second-order valence-corrected chi connectivity index (χ2v) is 9.04. The Morgan fingerprint density at radius 3 is 2.31 bits per heavy atom. The standard InChI is InChI=1S/C26H29N3O5S/c1-3-33-21-11-10-19(16-22(21)34-4-2)17-23-25(31)29(26(32)35-23)18-24(30)28-14-12-27(13-15-28)20-8-6-5-7-9-20/h5-11,16-17H,3-4,12-15,18H2,1-2H3/b23-17-. The third-order valence-electron chi connectivity index (χ3n) is 5.79. The Bertz CT molecular complexity index is 1110. The number of para-hydroxylation sites is 1. The van der Waals surface area contributed by atoms with Crippen molar-refractivity contribution in [3.05, 3.63) is 59.0 Å². The minimum Gasteiger partial charge on any atom is -0.490 e. The number of amides is 3. The SMILES string of the molecule is CCOc1ccc(/C=C2\SC(=O)N(CC(=O)N3CCN(c4ccccc4)CC3)C2=O)cc1OCC. The minimum atomic E-state index is -0.455. The Morgan fingerprint density at radius 2 is 1.63 bits per heavy atom. The molecule has 2 aliphatic rings. The molecule has 0 bridgehead atoms. The van der Waals surface area contributed by atoms with Crippen LogP contribution >= 0.6 is 11.8 Å². The zero-order valence-corrected chi connectivity index (χ0v) is 20.8. The second-order valence-electron chi connectivity index (χ2n) is 8.04. The van der Waals surface area contributed by atoms with E-state index >= 15 is 0 Å². The zero-order valence-electron chi connectivity index (χ0n) is 19.9. The summed E-state index contributed by atoms with van der Waals surface area (Å²) >= 11 is 0.844. The van der Waals surface area contributed by atoms with Gasteiger partial charge in [-0.1, -0.05) is 24.3 Å². The number of anilines is 1. The van der Waals surface area contributed by atoms with E-state index in [0.717, 1.165) is 22.3 Å². The van der Waals surface area contributed by atoms with Gasteiger partial charge < -0.3 is 19.3 Å². The van der Waals surface area contributed by atoms with Crippen LogP contribution in [-0.2, 0) is 9.59 Å². The molecule has 8 nitrogen and oxygen atoms in total. The van der Waals surface area contributed by atoms with E-state index in [2.05, 4.69) is 4.90 Å². The van der Waals surface area contributed by atoms with Gasteiger partial charge in [-0.2, -0.15) is 0 Å². The lowest BCUT2D eigenvalue weighted by atomic mass is 10.2. The third-order valence-corrected chi connectivity index (χ3v) is 6.69. The van der Waals surface area contributed by atoms with Gasteiger partial charge in [-0.15, -0.1) is 0 Å².